The average molecular weight is 653 g/mol. The number of hydrogen-bond acceptors (Lipinski definition) is 12. The third-order valence-corrected chi connectivity index (χ3v) is 8.10. The molecule has 0 aliphatic carbocycles. The number of ether oxygens (including phenoxy) is 3. The fourth-order valence-electron chi connectivity index (χ4n) is 5.27. The molecule has 1 N–H and O–H groups in total. The van der Waals surface area contributed by atoms with Gasteiger partial charge in [-0.3, -0.25) is 4.79 Å². The van der Waals surface area contributed by atoms with Crippen molar-refractivity contribution >= 4 is 38.6 Å². The highest BCUT2D eigenvalue weighted by Crippen LogP contribution is 2.36. The van der Waals surface area contributed by atoms with E-state index in [1.165, 1.54) is 0 Å². The zero-order valence-electron chi connectivity index (χ0n) is 26.8. The molecule has 0 bridgehead atoms. The molecule has 1 aliphatic heterocycles. The zero-order chi connectivity index (χ0) is 32.8. The van der Waals surface area contributed by atoms with E-state index in [9.17, 15) is 13.2 Å². The Balaban J connectivity index is 1.67. The minimum absolute atomic E-state index is 0.00800. The first-order valence-corrected chi connectivity index (χ1v) is 16.9. The quantitative estimate of drug-likeness (QED) is 0.226. The van der Waals surface area contributed by atoms with Crippen LogP contribution in [0.25, 0.3) is 27.8 Å². The number of fused-ring (bicyclic) bond motifs is 1. The number of sulfonamides is 1. The normalized spacial score (nSPS) is 13.8. The Morgan fingerprint density at radius 1 is 1.07 bits per heavy atom. The number of methoxy groups -OCH3 is 2. The summed E-state index contributed by atoms with van der Waals surface area (Å²) in [5.41, 5.74) is 3.17. The topological polar surface area (TPSA) is 154 Å². The lowest BCUT2D eigenvalue weighted by molar-refractivity contribution is 0.0977. The molecule has 0 atom stereocenters. The summed E-state index contributed by atoms with van der Waals surface area (Å²) in [6, 6.07) is 9.18. The monoisotopic (exact) mass is 652 g/mol. The standard InChI is InChI=1S/C31H40N8O6S/c1-21(2)29-28-24(22-6-7-26(33-20-22)37(10-14-43-3)11-15-44-4)19-25(31(40)36-46(5,41)42)34-30(28)39(35-29)23-8-9-32-27(18-23)38-12-16-45-17-13-38/h6-9,18-21H,10-17H2,1-5H3,(H,36,40). The number of nitrogens with zero attached hydrogens (tertiary/aromatic N) is 7. The first-order chi connectivity index (χ1) is 22.1. The molecule has 0 saturated carbocycles. The van der Waals surface area contributed by atoms with E-state index in [4.69, 9.17) is 29.3 Å². The first-order valence-electron chi connectivity index (χ1n) is 15.0. The van der Waals surface area contributed by atoms with Crippen molar-refractivity contribution in [2.75, 3.05) is 82.9 Å². The van der Waals surface area contributed by atoms with Crippen LogP contribution in [0.5, 0.6) is 0 Å². The molecule has 15 heteroatoms. The van der Waals surface area contributed by atoms with Gasteiger partial charge in [0, 0.05) is 64.4 Å². The fraction of sp³-hybridized carbons (Fsp3) is 0.452. The van der Waals surface area contributed by atoms with Gasteiger partial charge in [0.05, 0.1) is 49.5 Å². The van der Waals surface area contributed by atoms with E-state index in [1.807, 2.05) is 42.8 Å². The number of anilines is 2. The number of rotatable bonds is 13. The van der Waals surface area contributed by atoms with Crippen LogP contribution in [0.2, 0.25) is 0 Å². The van der Waals surface area contributed by atoms with E-state index >= 15 is 0 Å². The molecule has 0 aromatic carbocycles. The third-order valence-electron chi connectivity index (χ3n) is 7.54. The van der Waals surface area contributed by atoms with E-state index in [1.54, 1.807) is 37.4 Å². The Kier molecular flexibility index (Phi) is 10.5. The second-order valence-electron chi connectivity index (χ2n) is 11.3. The molecule has 246 valence electrons. The van der Waals surface area contributed by atoms with E-state index in [2.05, 4.69) is 14.8 Å². The molecule has 4 aromatic heterocycles. The maximum atomic E-state index is 13.2. The summed E-state index contributed by atoms with van der Waals surface area (Å²) in [4.78, 5) is 31.4. The summed E-state index contributed by atoms with van der Waals surface area (Å²) in [6.07, 6.45) is 4.38. The van der Waals surface area contributed by atoms with Gasteiger partial charge >= 0.3 is 0 Å². The second-order valence-corrected chi connectivity index (χ2v) is 13.0. The van der Waals surface area contributed by atoms with Crippen molar-refractivity contribution < 1.29 is 27.4 Å². The van der Waals surface area contributed by atoms with Crippen molar-refractivity contribution in [3.63, 3.8) is 0 Å². The molecule has 0 unspecified atom stereocenters. The lowest BCUT2D eigenvalue weighted by atomic mass is 9.98. The molecule has 1 aliphatic rings. The maximum absolute atomic E-state index is 13.2. The Hall–Kier alpha value is -4.18. The molecule has 0 spiro atoms. The number of carbonyl (C=O) groups excluding carboxylic acids is 1. The zero-order valence-corrected chi connectivity index (χ0v) is 27.6. The van der Waals surface area contributed by atoms with Crippen LogP contribution in [-0.4, -0.2) is 112 Å². The summed E-state index contributed by atoms with van der Waals surface area (Å²) in [7, 11) is -0.542. The van der Waals surface area contributed by atoms with Gasteiger partial charge in [-0.15, -0.1) is 0 Å². The van der Waals surface area contributed by atoms with Gasteiger partial charge in [-0.25, -0.2) is 32.8 Å². The van der Waals surface area contributed by atoms with Crippen molar-refractivity contribution in [1.82, 2.24) is 29.5 Å². The maximum Gasteiger partial charge on any atom is 0.283 e. The molecule has 1 saturated heterocycles. The lowest BCUT2D eigenvalue weighted by Gasteiger charge is -2.27. The number of amides is 1. The van der Waals surface area contributed by atoms with Crippen molar-refractivity contribution in [1.29, 1.82) is 0 Å². The fourth-order valence-corrected chi connectivity index (χ4v) is 5.71. The van der Waals surface area contributed by atoms with E-state index in [-0.39, 0.29) is 11.6 Å². The SMILES string of the molecule is COCCN(CCOC)c1ccc(-c2cc(C(=O)NS(C)(=O)=O)nc3c2c(C(C)C)nn3-c2ccnc(N3CCOCC3)c2)cn1. The first kappa shape index (κ1) is 33.2. The molecule has 1 fully saturated rings. The van der Waals surface area contributed by atoms with Crippen LogP contribution in [0.4, 0.5) is 11.6 Å². The molecular formula is C31H40N8O6S. The predicted molar refractivity (Wildman–Crippen MR) is 175 cm³/mol. The van der Waals surface area contributed by atoms with Gasteiger partial charge in [-0.05, 0) is 35.7 Å². The third kappa shape index (κ3) is 7.61. The number of aromatic nitrogens is 5. The Bertz CT molecular complexity index is 1760. The van der Waals surface area contributed by atoms with Crippen molar-refractivity contribution in [2.24, 2.45) is 0 Å². The molecule has 1 amide bonds. The summed E-state index contributed by atoms with van der Waals surface area (Å²) in [5, 5.41) is 5.73. The minimum atomic E-state index is -3.85. The number of pyridine rings is 3. The number of morpholine rings is 1. The van der Waals surface area contributed by atoms with Crippen LogP contribution in [-0.2, 0) is 24.2 Å². The summed E-state index contributed by atoms with van der Waals surface area (Å²) >= 11 is 0. The Morgan fingerprint density at radius 3 is 2.39 bits per heavy atom. The molecular weight excluding hydrogens is 612 g/mol. The molecule has 46 heavy (non-hydrogen) atoms. The van der Waals surface area contributed by atoms with Crippen LogP contribution in [0, 0.1) is 0 Å². The largest absolute Gasteiger partial charge is 0.383 e. The Labute approximate surface area is 268 Å². The molecule has 0 radical (unpaired) electrons. The van der Waals surface area contributed by atoms with Crippen LogP contribution >= 0.6 is 0 Å². The second kappa shape index (κ2) is 14.5. The van der Waals surface area contributed by atoms with E-state index in [0.717, 1.165) is 29.0 Å². The Morgan fingerprint density at radius 2 is 1.78 bits per heavy atom. The van der Waals surface area contributed by atoms with Crippen molar-refractivity contribution in [3.05, 3.63) is 54.1 Å². The van der Waals surface area contributed by atoms with Crippen molar-refractivity contribution in [2.45, 2.75) is 19.8 Å². The van der Waals surface area contributed by atoms with Crippen LogP contribution in [0.15, 0.2) is 42.7 Å². The highest BCUT2D eigenvalue weighted by molar-refractivity contribution is 7.89. The molecule has 14 nitrogen and oxygen atoms in total. The van der Waals surface area contributed by atoms with Crippen molar-refractivity contribution in [3.8, 4) is 16.8 Å². The highest BCUT2D eigenvalue weighted by atomic mass is 32.2. The van der Waals surface area contributed by atoms with Gasteiger partial charge in [0.15, 0.2) is 5.65 Å². The molecule has 5 rings (SSSR count). The van der Waals surface area contributed by atoms with Gasteiger partial charge in [-0.1, -0.05) is 13.8 Å². The minimum Gasteiger partial charge on any atom is -0.383 e. The summed E-state index contributed by atoms with van der Waals surface area (Å²) < 4.78 is 43.9. The summed E-state index contributed by atoms with van der Waals surface area (Å²) in [5.74, 6) is 0.660. The van der Waals surface area contributed by atoms with Gasteiger partial charge in [0.25, 0.3) is 5.91 Å². The summed E-state index contributed by atoms with van der Waals surface area (Å²) in [6.45, 7) is 9.03. The van der Waals surface area contributed by atoms with Gasteiger partial charge in [-0.2, -0.15) is 5.10 Å². The van der Waals surface area contributed by atoms with Gasteiger partial charge < -0.3 is 24.0 Å². The average Bonchev–Trinajstić information content (AvgIpc) is 3.44. The van der Waals surface area contributed by atoms with Gasteiger partial charge in [0.2, 0.25) is 10.0 Å². The molecule has 5 heterocycles. The number of hydrogen-bond donors (Lipinski definition) is 1. The van der Waals surface area contributed by atoms with E-state index < -0.39 is 15.9 Å². The van der Waals surface area contributed by atoms with Crippen LogP contribution in [0.3, 0.4) is 0 Å². The lowest BCUT2D eigenvalue weighted by Crippen LogP contribution is -2.36. The molecule has 4 aromatic rings. The predicted octanol–water partition coefficient (Wildman–Crippen LogP) is 2.63. The number of nitrogens with one attached hydrogen (secondary N) is 1. The highest BCUT2D eigenvalue weighted by Gasteiger charge is 2.25. The van der Waals surface area contributed by atoms with Crippen LogP contribution < -0.4 is 14.5 Å². The van der Waals surface area contributed by atoms with Crippen LogP contribution in [0.1, 0.15) is 35.9 Å². The number of carbonyl (C=O) groups is 1. The van der Waals surface area contributed by atoms with Gasteiger partial charge in [0.1, 0.15) is 17.3 Å². The van der Waals surface area contributed by atoms with E-state index in [0.29, 0.717) is 75.1 Å². The smallest absolute Gasteiger partial charge is 0.283 e.